The lowest BCUT2D eigenvalue weighted by Gasteiger charge is -2.44. The van der Waals surface area contributed by atoms with Crippen LogP contribution in [0.2, 0.25) is 0 Å². The Morgan fingerprint density at radius 1 is 1.36 bits per heavy atom. The van der Waals surface area contributed by atoms with Crippen molar-refractivity contribution in [3.63, 3.8) is 0 Å². The highest BCUT2D eigenvalue weighted by Gasteiger charge is 2.62. The highest BCUT2D eigenvalue weighted by Crippen LogP contribution is 2.40. The Morgan fingerprint density at radius 2 is 2.00 bits per heavy atom. The number of sulfone groups is 2. The smallest absolute Gasteiger partial charge is 0.190 e. The fraction of sp³-hybridized carbons (Fsp3) is 1.00. The van der Waals surface area contributed by atoms with Gasteiger partial charge in [-0.3, -0.25) is 0 Å². The van der Waals surface area contributed by atoms with Gasteiger partial charge in [0, 0.05) is 12.9 Å². The lowest BCUT2D eigenvalue weighted by molar-refractivity contribution is 0.0134. The van der Waals surface area contributed by atoms with Crippen LogP contribution in [-0.4, -0.2) is 45.6 Å². The first kappa shape index (κ1) is 10.4. The summed E-state index contributed by atoms with van der Waals surface area (Å²) in [5.74, 6) is 0. The second-order valence-corrected chi connectivity index (χ2v) is 8.56. The highest BCUT2D eigenvalue weighted by molar-refractivity contribution is 8.10. The Balaban J connectivity index is 2.37. The minimum atomic E-state index is -3.56. The molecule has 0 spiro atoms. The summed E-state index contributed by atoms with van der Waals surface area (Å²) in [6.07, 6.45) is 1.54. The van der Waals surface area contributed by atoms with Gasteiger partial charge in [0.05, 0.1) is 5.25 Å². The van der Waals surface area contributed by atoms with E-state index in [1.165, 1.54) is 0 Å². The molecule has 7 heteroatoms. The first-order valence-corrected chi connectivity index (χ1v) is 7.95. The molecule has 0 aromatic heterocycles. The quantitative estimate of drug-likeness (QED) is 0.607. The molecule has 3 atom stereocenters. The highest BCUT2D eigenvalue weighted by atomic mass is 32.3. The van der Waals surface area contributed by atoms with Gasteiger partial charge in [0.15, 0.2) is 24.3 Å². The molecular formula is C7H12O5S2. The fourth-order valence-corrected chi connectivity index (χ4v) is 7.19. The van der Waals surface area contributed by atoms with E-state index in [-0.39, 0.29) is 0 Å². The summed E-state index contributed by atoms with van der Waals surface area (Å²) in [5, 5.41) is -0.587. The number of rotatable bonds is 1. The van der Waals surface area contributed by atoms with Crippen molar-refractivity contribution in [2.24, 2.45) is 0 Å². The van der Waals surface area contributed by atoms with Gasteiger partial charge in [-0.15, -0.1) is 0 Å². The molecule has 0 N–H and O–H groups in total. The molecule has 82 valence electrons. The molecule has 2 heterocycles. The van der Waals surface area contributed by atoms with E-state index in [4.69, 9.17) is 4.74 Å². The molecule has 2 aliphatic rings. The average Bonchev–Trinajstić information content (AvgIpc) is 2.00. The molecule has 0 aliphatic carbocycles. The summed E-state index contributed by atoms with van der Waals surface area (Å²) in [6.45, 7) is 0.461. The second-order valence-electron chi connectivity index (χ2n) is 3.80. The van der Waals surface area contributed by atoms with Crippen molar-refractivity contribution < 1.29 is 21.6 Å². The zero-order chi connectivity index (χ0) is 10.6. The van der Waals surface area contributed by atoms with Crippen LogP contribution in [0.3, 0.4) is 0 Å². The Hall–Kier alpha value is -0.140. The Labute approximate surface area is 83.3 Å². The third-order valence-electron chi connectivity index (χ3n) is 2.75. The Bertz CT molecular complexity index is 435. The molecule has 2 aliphatic heterocycles. The monoisotopic (exact) mass is 240 g/mol. The van der Waals surface area contributed by atoms with E-state index in [9.17, 15) is 16.8 Å². The number of ether oxygens (including phenoxy) is 1. The van der Waals surface area contributed by atoms with E-state index in [2.05, 4.69) is 0 Å². The molecule has 0 aromatic rings. The molecule has 0 aromatic carbocycles. The van der Waals surface area contributed by atoms with Crippen molar-refractivity contribution in [1.82, 2.24) is 0 Å². The van der Waals surface area contributed by atoms with Crippen LogP contribution in [0.5, 0.6) is 0 Å². The van der Waals surface area contributed by atoms with Gasteiger partial charge in [0.1, 0.15) is 6.10 Å². The van der Waals surface area contributed by atoms with Crippen molar-refractivity contribution in [2.75, 3.05) is 12.9 Å². The van der Waals surface area contributed by atoms with Crippen LogP contribution in [0.15, 0.2) is 0 Å². The van der Waals surface area contributed by atoms with Gasteiger partial charge >= 0.3 is 0 Å². The van der Waals surface area contributed by atoms with Crippen LogP contribution < -0.4 is 0 Å². The second kappa shape index (κ2) is 2.93. The van der Waals surface area contributed by atoms with Gasteiger partial charge in [-0.05, 0) is 12.8 Å². The SMILES string of the molecule is CS(=O)(=O)C1[C@H]2OCCC[C@@H]2S1(=O)=O. The lowest BCUT2D eigenvalue weighted by Crippen LogP contribution is -2.65. The van der Waals surface area contributed by atoms with Gasteiger partial charge in [0.2, 0.25) is 0 Å². The summed E-state index contributed by atoms with van der Waals surface area (Å²) in [7, 11) is -7.05. The topological polar surface area (TPSA) is 77.5 Å². The summed E-state index contributed by atoms with van der Waals surface area (Å²) in [4.78, 5) is 0. The van der Waals surface area contributed by atoms with Gasteiger partial charge in [-0.2, -0.15) is 0 Å². The van der Waals surface area contributed by atoms with Crippen LogP contribution in [0.4, 0.5) is 0 Å². The predicted octanol–water partition coefficient (Wildman–Crippen LogP) is -0.667. The minimum absolute atomic E-state index is 0.461. The molecule has 0 saturated carbocycles. The van der Waals surface area contributed by atoms with Crippen molar-refractivity contribution in [2.45, 2.75) is 28.8 Å². The number of fused-ring (bicyclic) bond motifs is 1. The Kier molecular flexibility index (Phi) is 2.17. The Morgan fingerprint density at radius 3 is 2.57 bits per heavy atom. The minimum Gasteiger partial charge on any atom is -0.374 e. The van der Waals surface area contributed by atoms with E-state index >= 15 is 0 Å². The van der Waals surface area contributed by atoms with Crippen LogP contribution in [0.25, 0.3) is 0 Å². The molecule has 0 amide bonds. The molecule has 5 nitrogen and oxygen atoms in total. The number of hydrogen-bond acceptors (Lipinski definition) is 5. The standard InChI is InChI=1S/C7H12O5S2/c1-13(8,9)7-6-5(14(7,10)11)3-2-4-12-6/h5-7H,2-4H2,1H3/t5-,6-,7?/m0/s1. The largest absolute Gasteiger partial charge is 0.374 e. The fourth-order valence-electron chi connectivity index (χ4n) is 2.14. The van der Waals surface area contributed by atoms with Crippen molar-refractivity contribution in [3.8, 4) is 0 Å². The molecule has 2 fully saturated rings. The molecule has 14 heavy (non-hydrogen) atoms. The van der Waals surface area contributed by atoms with E-state index in [0.717, 1.165) is 6.26 Å². The van der Waals surface area contributed by atoms with Gasteiger partial charge < -0.3 is 4.74 Å². The zero-order valence-electron chi connectivity index (χ0n) is 7.71. The van der Waals surface area contributed by atoms with E-state index in [1.54, 1.807) is 0 Å². The molecular weight excluding hydrogens is 228 g/mol. The van der Waals surface area contributed by atoms with Gasteiger partial charge in [0.25, 0.3) is 0 Å². The summed E-state index contributed by atoms with van der Waals surface area (Å²) < 4.78 is 49.5. The van der Waals surface area contributed by atoms with Crippen molar-refractivity contribution >= 4 is 19.7 Å². The molecule has 0 radical (unpaired) electrons. The first-order chi connectivity index (χ1) is 6.35. The van der Waals surface area contributed by atoms with Gasteiger partial charge in [-0.25, -0.2) is 16.8 Å². The summed E-state index contributed by atoms with van der Waals surface area (Å²) in [5.41, 5.74) is 0. The van der Waals surface area contributed by atoms with Crippen molar-refractivity contribution in [3.05, 3.63) is 0 Å². The average molecular weight is 240 g/mol. The maximum Gasteiger partial charge on any atom is 0.190 e. The van der Waals surface area contributed by atoms with Crippen molar-refractivity contribution in [1.29, 1.82) is 0 Å². The van der Waals surface area contributed by atoms with Crippen LogP contribution in [-0.2, 0) is 24.4 Å². The zero-order valence-corrected chi connectivity index (χ0v) is 9.34. The normalized spacial score (nSPS) is 41.1. The third kappa shape index (κ3) is 1.30. The van der Waals surface area contributed by atoms with Gasteiger partial charge in [-0.1, -0.05) is 0 Å². The molecule has 2 rings (SSSR count). The number of hydrogen-bond donors (Lipinski definition) is 0. The molecule has 2 saturated heterocycles. The van der Waals surface area contributed by atoms with Crippen LogP contribution in [0, 0.1) is 0 Å². The van der Waals surface area contributed by atoms with E-state index < -0.39 is 35.6 Å². The van der Waals surface area contributed by atoms with E-state index in [0.29, 0.717) is 19.4 Å². The molecule has 1 unspecified atom stereocenters. The van der Waals surface area contributed by atoms with Crippen LogP contribution >= 0.6 is 0 Å². The van der Waals surface area contributed by atoms with E-state index in [1.807, 2.05) is 0 Å². The lowest BCUT2D eigenvalue weighted by atomic mass is 10.1. The summed E-state index contributed by atoms with van der Waals surface area (Å²) in [6, 6.07) is 0. The van der Waals surface area contributed by atoms with Crippen LogP contribution in [0.1, 0.15) is 12.8 Å². The maximum absolute atomic E-state index is 11.6. The first-order valence-electron chi connectivity index (χ1n) is 4.38. The third-order valence-corrected chi connectivity index (χ3v) is 7.98. The molecule has 0 bridgehead atoms. The predicted molar refractivity (Wildman–Crippen MR) is 50.3 cm³/mol. The maximum atomic E-state index is 11.6. The summed E-state index contributed by atoms with van der Waals surface area (Å²) >= 11 is 0.